The maximum Gasteiger partial charge on any atom is 0.348 e. The molecule has 1 aromatic rings. The lowest BCUT2D eigenvalue weighted by Gasteiger charge is -2.33. The highest BCUT2D eigenvalue weighted by atomic mass is 16.7. The number of likely N-dealkylation sites (tertiary alicyclic amines) is 1. The third-order valence-corrected chi connectivity index (χ3v) is 4.71. The van der Waals surface area contributed by atoms with Crippen molar-refractivity contribution in [2.24, 2.45) is 0 Å². The van der Waals surface area contributed by atoms with Crippen molar-refractivity contribution in [2.75, 3.05) is 6.54 Å². The van der Waals surface area contributed by atoms with Gasteiger partial charge in [-0.15, -0.1) is 0 Å². The first-order chi connectivity index (χ1) is 11.8. The zero-order valence-electron chi connectivity index (χ0n) is 15.1. The maximum absolute atomic E-state index is 12.1. The van der Waals surface area contributed by atoms with E-state index < -0.39 is 17.7 Å². The van der Waals surface area contributed by atoms with E-state index in [1.54, 1.807) is 19.9 Å². The van der Waals surface area contributed by atoms with Gasteiger partial charge in [-0.05, 0) is 43.5 Å². The Bertz CT molecular complexity index is 685. The molecule has 25 heavy (non-hydrogen) atoms. The summed E-state index contributed by atoms with van der Waals surface area (Å²) in [6.07, 6.45) is 5.31. The van der Waals surface area contributed by atoms with Crippen molar-refractivity contribution in [1.82, 2.24) is 4.90 Å². The van der Waals surface area contributed by atoms with Crippen LogP contribution in [0.3, 0.4) is 0 Å². The van der Waals surface area contributed by atoms with Gasteiger partial charge in [0.25, 0.3) is 5.79 Å². The van der Waals surface area contributed by atoms with Crippen molar-refractivity contribution in [3.05, 3.63) is 41.0 Å². The van der Waals surface area contributed by atoms with E-state index in [4.69, 9.17) is 9.47 Å². The molecule has 1 unspecified atom stereocenters. The molecule has 2 heterocycles. The van der Waals surface area contributed by atoms with Gasteiger partial charge in [-0.2, -0.15) is 0 Å². The molecule has 5 heteroatoms. The van der Waals surface area contributed by atoms with Crippen LogP contribution in [0.1, 0.15) is 51.2 Å². The number of hydrogen-bond donors (Lipinski definition) is 0. The molecule has 0 aromatic heterocycles. The molecule has 0 saturated carbocycles. The molecule has 1 atom stereocenters. The molecule has 0 bridgehead atoms. The van der Waals surface area contributed by atoms with Gasteiger partial charge in [0.2, 0.25) is 0 Å². The minimum Gasteiger partial charge on any atom is -0.419 e. The molecular weight excluding hydrogens is 318 g/mol. The molecule has 0 amide bonds. The summed E-state index contributed by atoms with van der Waals surface area (Å²) in [7, 11) is 0. The van der Waals surface area contributed by atoms with Crippen molar-refractivity contribution in [3.63, 3.8) is 0 Å². The number of piperidine rings is 1. The van der Waals surface area contributed by atoms with Crippen LogP contribution in [0.2, 0.25) is 0 Å². The number of nitrogens with zero attached hydrogens (tertiary/aromatic N) is 1. The van der Waals surface area contributed by atoms with Gasteiger partial charge in [0, 0.05) is 26.4 Å². The van der Waals surface area contributed by atoms with E-state index in [0.717, 1.165) is 18.7 Å². The number of carbonyl (C=O) groups excluding carboxylic acids is 2. The number of esters is 2. The first-order valence-corrected chi connectivity index (χ1v) is 8.85. The van der Waals surface area contributed by atoms with E-state index in [0.29, 0.717) is 6.04 Å². The number of hydrogen-bond acceptors (Lipinski definition) is 5. The van der Waals surface area contributed by atoms with Crippen molar-refractivity contribution in [1.29, 1.82) is 0 Å². The largest absolute Gasteiger partial charge is 0.419 e. The average molecular weight is 343 g/mol. The average Bonchev–Trinajstić information content (AvgIpc) is 2.53. The summed E-state index contributed by atoms with van der Waals surface area (Å²) >= 11 is 0. The predicted octanol–water partition coefficient (Wildman–Crippen LogP) is 3.28. The summed E-state index contributed by atoms with van der Waals surface area (Å²) in [5.41, 5.74) is 1.90. The molecule has 1 aromatic carbocycles. The first kappa shape index (κ1) is 17.7. The summed E-state index contributed by atoms with van der Waals surface area (Å²) < 4.78 is 10.3. The molecule has 2 fully saturated rings. The SMILES string of the molecule is CC1CCCCN1Cc1cccc(C=C2C(=O)OC(C)(C)OC2=O)c1. The van der Waals surface area contributed by atoms with E-state index >= 15 is 0 Å². The predicted molar refractivity (Wildman–Crippen MR) is 94.4 cm³/mol. The van der Waals surface area contributed by atoms with Gasteiger partial charge in [0.1, 0.15) is 5.57 Å². The highest BCUT2D eigenvalue weighted by Gasteiger charge is 2.38. The van der Waals surface area contributed by atoms with Crippen LogP contribution in [-0.4, -0.2) is 35.2 Å². The number of cyclic esters (lactones) is 2. The van der Waals surface area contributed by atoms with Crippen LogP contribution >= 0.6 is 0 Å². The Labute approximate surface area is 148 Å². The van der Waals surface area contributed by atoms with Crippen molar-refractivity contribution in [2.45, 2.75) is 58.4 Å². The zero-order chi connectivity index (χ0) is 18.0. The van der Waals surface area contributed by atoms with Gasteiger partial charge < -0.3 is 9.47 Å². The fraction of sp³-hybridized carbons (Fsp3) is 0.500. The standard InChI is InChI=1S/C20H25NO4/c1-14-7-4-5-10-21(14)13-16-9-6-8-15(11-16)12-17-18(22)24-20(2,3)25-19(17)23/h6,8-9,11-12,14H,4-5,7,10,13H2,1-3H3. The third kappa shape index (κ3) is 4.28. The smallest absolute Gasteiger partial charge is 0.348 e. The van der Waals surface area contributed by atoms with E-state index in [9.17, 15) is 9.59 Å². The van der Waals surface area contributed by atoms with Crippen LogP contribution in [0, 0.1) is 0 Å². The van der Waals surface area contributed by atoms with E-state index in [1.807, 2.05) is 18.2 Å². The van der Waals surface area contributed by atoms with Gasteiger partial charge >= 0.3 is 11.9 Å². The van der Waals surface area contributed by atoms with Crippen LogP contribution in [0.25, 0.3) is 6.08 Å². The lowest BCUT2D eigenvalue weighted by atomic mass is 10.0. The lowest BCUT2D eigenvalue weighted by molar-refractivity contribution is -0.222. The number of carbonyl (C=O) groups is 2. The highest BCUT2D eigenvalue weighted by Crippen LogP contribution is 2.25. The van der Waals surface area contributed by atoms with Crippen molar-refractivity contribution < 1.29 is 19.1 Å². The molecule has 0 spiro atoms. The summed E-state index contributed by atoms with van der Waals surface area (Å²) in [5.74, 6) is -2.50. The molecule has 0 N–H and O–H groups in total. The Morgan fingerprint density at radius 2 is 1.92 bits per heavy atom. The molecule has 2 aliphatic heterocycles. The molecule has 0 aliphatic carbocycles. The molecule has 0 radical (unpaired) electrons. The summed E-state index contributed by atoms with van der Waals surface area (Å²) in [6, 6.07) is 8.48. The maximum atomic E-state index is 12.1. The molecule has 5 nitrogen and oxygen atoms in total. The van der Waals surface area contributed by atoms with Crippen molar-refractivity contribution >= 4 is 18.0 Å². The summed E-state index contributed by atoms with van der Waals surface area (Å²) in [4.78, 5) is 26.6. The molecule has 2 aliphatic rings. The van der Waals surface area contributed by atoms with E-state index in [1.165, 1.54) is 24.8 Å². The Balaban J connectivity index is 1.77. The highest BCUT2D eigenvalue weighted by molar-refractivity contribution is 6.18. The lowest BCUT2D eigenvalue weighted by Crippen LogP contribution is -2.41. The summed E-state index contributed by atoms with van der Waals surface area (Å²) in [6.45, 7) is 7.33. The quantitative estimate of drug-likeness (QED) is 0.479. The number of benzene rings is 1. The van der Waals surface area contributed by atoms with Crippen LogP contribution in [0.15, 0.2) is 29.8 Å². The number of rotatable bonds is 3. The molecule has 3 rings (SSSR count). The van der Waals surface area contributed by atoms with Crippen LogP contribution < -0.4 is 0 Å². The first-order valence-electron chi connectivity index (χ1n) is 8.85. The Hall–Kier alpha value is -2.14. The van der Waals surface area contributed by atoms with Crippen LogP contribution in [0.4, 0.5) is 0 Å². The second-order valence-corrected chi connectivity index (χ2v) is 7.30. The Morgan fingerprint density at radius 1 is 1.20 bits per heavy atom. The van der Waals surface area contributed by atoms with Crippen LogP contribution in [-0.2, 0) is 25.6 Å². The second kappa shape index (κ2) is 7.00. The normalized spacial score (nSPS) is 23.8. The minimum atomic E-state index is -1.21. The van der Waals surface area contributed by atoms with Gasteiger partial charge in [-0.1, -0.05) is 30.7 Å². The fourth-order valence-corrected chi connectivity index (χ4v) is 3.35. The van der Waals surface area contributed by atoms with E-state index in [-0.39, 0.29) is 5.57 Å². The van der Waals surface area contributed by atoms with Crippen LogP contribution in [0.5, 0.6) is 0 Å². The second-order valence-electron chi connectivity index (χ2n) is 7.30. The number of ether oxygens (including phenoxy) is 2. The minimum absolute atomic E-state index is 0.0668. The van der Waals surface area contributed by atoms with Gasteiger partial charge in [-0.25, -0.2) is 9.59 Å². The fourth-order valence-electron chi connectivity index (χ4n) is 3.35. The van der Waals surface area contributed by atoms with Gasteiger partial charge in [-0.3, -0.25) is 4.90 Å². The molecular formula is C20H25NO4. The zero-order valence-corrected chi connectivity index (χ0v) is 15.1. The van der Waals surface area contributed by atoms with Gasteiger partial charge in [0.15, 0.2) is 0 Å². The van der Waals surface area contributed by atoms with Gasteiger partial charge in [0.05, 0.1) is 0 Å². The summed E-state index contributed by atoms with van der Waals surface area (Å²) in [5, 5.41) is 0. The van der Waals surface area contributed by atoms with Crippen molar-refractivity contribution in [3.8, 4) is 0 Å². The Morgan fingerprint density at radius 3 is 2.60 bits per heavy atom. The molecule has 134 valence electrons. The molecule has 2 saturated heterocycles. The van der Waals surface area contributed by atoms with E-state index in [2.05, 4.69) is 17.9 Å². The topological polar surface area (TPSA) is 55.8 Å². The Kier molecular flexibility index (Phi) is 4.95. The third-order valence-electron chi connectivity index (χ3n) is 4.71. The monoisotopic (exact) mass is 343 g/mol.